The molecule has 2 heterocycles. The van der Waals surface area contributed by atoms with Crippen molar-refractivity contribution in [3.8, 4) is 0 Å². The second-order valence-corrected chi connectivity index (χ2v) is 4.85. The van der Waals surface area contributed by atoms with E-state index in [1.54, 1.807) is 4.90 Å². The van der Waals surface area contributed by atoms with E-state index in [9.17, 15) is 9.59 Å². The van der Waals surface area contributed by atoms with E-state index in [4.69, 9.17) is 9.52 Å². The average molecular weight is 251 g/mol. The minimum Gasteiger partial charge on any atom is -0.478 e. The third-order valence-corrected chi connectivity index (χ3v) is 3.49. The van der Waals surface area contributed by atoms with Gasteiger partial charge in [0.25, 0.3) is 5.91 Å². The summed E-state index contributed by atoms with van der Waals surface area (Å²) in [5.41, 5.74) is 0.00988. The largest absolute Gasteiger partial charge is 0.478 e. The van der Waals surface area contributed by atoms with Gasteiger partial charge in [0.1, 0.15) is 6.26 Å². The highest BCUT2D eigenvalue weighted by Crippen LogP contribution is 2.25. The van der Waals surface area contributed by atoms with E-state index in [0.29, 0.717) is 0 Å². The molecule has 98 valence electrons. The lowest BCUT2D eigenvalue weighted by molar-refractivity contribution is 0.0478. The zero-order valence-electron chi connectivity index (χ0n) is 10.5. The number of likely N-dealkylation sites (tertiary alicyclic amines) is 1. The van der Waals surface area contributed by atoms with Crippen molar-refractivity contribution in [2.75, 3.05) is 0 Å². The van der Waals surface area contributed by atoms with Crippen LogP contribution < -0.4 is 0 Å². The van der Waals surface area contributed by atoms with Gasteiger partial charge < -0.3 is 14.4 Å². The Morgan fingerprint density at radius 3 is 2.44 bits per heavy atom. The highest BCUT2D eigenvalue weighted by Gasteiger charge is 2.31. The number of carboxylic acids is 1. The van der Waals surface area contributed by atoms with E-state index in [1.807, 2.05) is 13.8 Å². The van der Waals surface area contributed by atoms with Gasteiger partial charge in [0, 0.05) is 18.2 Å². The van der Waals surface area contributed by atoms with Gasteiger partial charge in [-0.2, -0.15) is 0 Å². The van der Waals surface area contributed by atoms with Crippen LogP contribution in [0, 0.1) is 0 Å². The van der Waals surface area contributed by atoms with Crippen molar-refractivity contribution in [1.29, 1.82) is 0 Å². The maximum Gasteiger partial charge on any atom is 0.338 e. The number of nitrogens with zero attached hydrogens (tertiary/aromatic N) is 1. The molecular formula is C13H17NO4. The molecule has 0 aliphatic carbocycles. The van der Waals surface area contributed by atoms with Crippen LogP contribution in [-0.4, -0.2) is 34.0 Å². The number of piperidine rings is 1. The molecule has 0 aromatic carbocycles. The van der Waals surface area contributed by atoms with Crippen molar-refractivity contribution in [2.24, 2.45) is 0 Å². The molecule has 5 nitrogen and oxygen atoms in total. The monoisotopic (exact) mass is 251 g/mol. The summed E-state index contributed by atoms with van der Waals surface area (Å²) in [7, 11) is 0. The van der Waals surface area contributed by atoms with Crippen LogP contribution in [0.15, 0.2) is 16.7 Å². The molecule has 2 atom stereocenters. The van der Waals surface area contributed by atoms with E-state index in [0.717, 1.165) is 25.5 Å². The number of aromatic carboxylic acids is 1. The summed E-state index contributed by atoms with van der Waals surface area (Å²) in [5.74, 6) is -1.20. The number of carboxylic acid groups (broad SMARTS) is 1. The van der Waals surface area contributed by atoms with E-state index < -0.39 is 5.97 Å². The number of amides is 1. The van der Waals surface area contributed by atoms with Crippen LogP contribution in [0.3, 0.4) is 0 Å². The predicted octanol–water partition coefficient (Wildman–Crippen LogP) is 2.38. The molecule has 1 aliphatic heterocycles. The van der Waals surface area contributed by atoms with Crippen molar-refractivity contribution in [3.05, 3.63) is 23.7 Å². The van der Waals surface area contributed by atoms with Gasteiger partial charge in [-0.05, 0) is 33.1 Å². The molecular weight excluding hydrogens is 234 g/mol. The molecule has 2 rings (SSSR count). The van der Waals surface area contributed by atoms with Crippen molar-refractivity contribution >= 4 is 11.9 Å². The molecule has 1 amide bonds. The summed E-state index contributed by atoms with van der Waals surface area (Å²) in [6.07, 6.45) is 4.17. The van der Waals surface area contributed by atoms with E-state index in [2.05, 4.69) is 0 Å². The van der Waals surface area contributed by atoms with Gasteiger partial charge in [-0.15, -0.1) is 0 Å². The summed E-state index contributed by atoms with van der Waals surface area (Å²) >= 11 is 0. The van der Waals surface area contributed by atoms with Crippen LogP contribution in [0.1, 0.15) is 54.0 Å². The van der Waals surface area contributed by atoms with Crippen LogP contribution in [-0.2, 0) is 0 Å². The number of furan rings is 1. The highest BCUT2D eigenvalue weighted by molar-refractivity contribution is 5.95. The molecule has 1 aromatic rings. The van der Waals surface area contributed by atoms with Crippen molar-refractivity contribution < 1.29 is 19.1 Å². The van der Waals surface area contributed by atoms with Gasteiger partial charge in [-0.3, -0.25) is 4.79 Å². The van der Waals surface area contributed by atoms with Crippen molar-refractivity contribution in [1.82, 2.24) is 4.90 Å². The summed E-state index contributed by atoms with van der Waals surface area (Å²) in [6, 6.07) is 1.62. The third kappa shape index (κ3) is 2.25. The summed E-state index contributed by atoms with van der Waals surface area (Å²) < 4.78 is 5.07. The second kappa shape index (κ2) is 4.84. The molecule has 2 unspecified atom stereocenters. The van der Waals surface area contributed by atoms with Gasteiger partial charge in [-0.25, -0.2) is 4.79 Å². The van der Waals surface area contributed by atoms with Crippen LogP contribution in [0.5, 0.6) is 0 Å². The van der Waals surface area contributed by atoms with Crippen LogP contribution in [0.4, 0.5) is 0 Å². The SMILES string of the molecule is CC1CCCC(C)N1C(=O)c1cc(C(=O)O)co1. The van der Waals surface area contributed by atoms with Gasteiger partial charge in [0.2, 0.25) is 0 Å². The Balaban J connectivity index is 2.21. The number of carbonyl (C=O) groups excluding carboxylic acids is 1. The Labute approximate surface area is 105 Å². The molecule has 5 heteroatoms. The first-order chi connectivity index (χ1) is 8.50. The molecule has 1 aromatic heterocycles. The quantitative estimate of drug-likeness (QED) is 0.876. The summed E-state index contributed by atoms with van der Waals surface area (Å²) in [5, 5.41) is 8.81. The van der Waals surface area contributed by atoms with Crippen LogP contribution in [0.25, 0.3) is 0 Å². The fourth-order valence-corrected chi connectivity index (χ4v) is 2.51. The van der Waals surface area contributed by atoms with Crippen molar-refractivity contribution in [2.45, 2.75) is 45.2 Å². The lowest BCUT2D eigenvalue weighted by Crippen LogP contribution is -2.47. The Kier molecular flexibility index (Phi) is 3.41. The van der Waals surface area contributed by atoms with E-state index in [-0.39, 0.29) is 29.3 Å². The third-order valence-electron chi connectivity index (χ3n) is 3.49. The fourth-order valence-electron chi connectivity index (χ4n) is 2.51. The molecule has 18 heavy (non-hydrogen) atoms. The smallest absolute Gasteiger partial charge is 0.338 e. The first kappa shape index (κ1) is 12.7. The standard InChI is InChI=1S/C13H17NO4/c1-8-4-3-5-9(2)14(8)12(15)11-6-10(7-18-11)13(16)17/h6-9H,3-5H2,1-2H3,(H,16,17). The van der Waals surface area contributed by atoms with Gasteiger partial charge in [-0.1, -0.05) is 0 Å². The Morgan fingerprint density at radius 2 is 1.94 bits per heavy atom. The first-order valence-corrected chi connectivity index (χ1v) is 6.15. The number of hydrogen-bond acceptors (Lipinski definition) is 3. The zero-order chi connectivity index (χ0) is 13.3. The zero-order valence-corrected chi connectivity index (χ0v) is 10.5. The molecule has 0 bridgehead atoms. The lowest BCUT2D eigenvalue weighted by Gasteiger charge is -2.38. The summed E-state index contributed by atoms with van der Waals surface area (Å²) in [6.45, 7) is 4.02. The predicted molar refractivity (Wildman–Crippen MR) is 64.6 cm³/mol. The molecule has 1 fully saturated rings. The Hall–Kier alpha value is -1.78. The van der Waals surface area contributed by atoms with Gasteiger partial charge in [0.15, 0.2) is 5.76 Å². The average Bonchev–Trinajstić information content (AvgIpc) is 2.77. The first-order valence-electron chi connectivity index (χ1n) is 6.15. The van der Waals surface area contributed by atoms with E-state index >= 15 is 0 Å². The number of carbonyl (C=O) groups is 2. The number of rotatable bonds is 2. The molecule has 1 aliphatic rings. The molecule has 0 saturated carbocycles. The minimum absolute atomic E-state index is 0.00988. The molecule has 0 spiro atoms. The Morgan fingerprint density at radius 1 is 1.33 bits per heavy atom. The van der Waals surface area contributed by atoms with Gasteiger partial charge >= 0.3 is 5.97 Å². The molecule has 1 saturated heterocycles. The van der Waals surface area contributed by atoms with Gasteiger partial charge in [0.05, 0.1) is 5.56 Å². The van der Waals surface area contributed by atoms with Crippen LogP contribution in [0.2, 0.25) is 0 Å². The molecule has 0 radical (unpaired) electrons. The number of hydrogen-bond donors (Lipinski definition) is 1. The van der Waals surface area contributed by atoms with Crippen molar-refractivity contribution in [3.63, 3.8) is 0 Å². The Bertz CT molecular complexity index is 455. The van der Waals surface area contributed by atoms with E-state index in [1.165, 1.54) is 6.07 Å². The normalized spacial score (nSPS) is 24.0. The topological polar surface area (TPSA) is 70.8 Å². The maximum absolute atomic E-state index is 12.3. The minimum atomic E-state index is -1.09. The van der Waals surface area contributed by atoms with Crippen LogP contribution >= 0.6 is 0 Å². The fraction of sp³-hybridized carbons (Fsp3) is 0.538. The second-order valence-electron chi connectivity index (χ2n) is 4.85. The lowest BCUT2D eigenvalue weighted by atomic mass is 9.97. The summed E-state index contributed by atoms with van der Waals surface area (Å²) in [4.78, 5) is 24.8. The highest BCUT2D eigenvalue weighted by atomic mass is 16.4. The molecule has 1 N–H and O–H groups in total. The maximum atomic E-state index is 12.3.